The highest BCUT2D eigenvalue weighted by atomic mass is 35.6. The molecule has 0 aliphatic rings. The standard InChI is InChI=1S/C10H8Cl4N2O.C10H14N2O.C5H10Cl2/c11-7-3-1-6(2-4-7)5-8(15)16-9(17)10(12,13)14;1-2-9(10(11)12-13)8-6-4-3-5-7-8;1-4(2)5(3,6)7/h1-4H,5H2,(H2,15,16,17);3-7,9,13H,2H2,1H3,(H2,11,12);4H,1-3H3. The minimum Gasteiger partial charge on any atom is -0.409 e. The molecule has 1 atom stereocenters. The Bertz CT molecular complexity index is 1000. The molecule has 0 fully saturated rings. The quantitative estimate of drug-likeness (QED) is 0.0987. The van der Waals surface area contributed by atoms with Crippen molar-refractivity contribution in [3.05, 3.63) is 70.7 Å². The van der Waals surface area contributed by atoms with E-state index in [1.807, 2.05) is 51.1 Å². The fourth-order valence-electron chi connectivity index (χ4n) is 2.42. The Morgan fingerprint density at radius 1 is 0.973 bits per heavy atom. The van der Waals surface area contributed by atoms with Crippen molar-refractivity contribution in [2.75, 3.05) is 0 Å². The van der Waals surface area contributed by atoms with E-state index in [-0.39, 0.29) is 24.0 Å². The Labute approximate surface area is 248 Å². The number of nitrogens with zero attached hydrogens (tertiary/aromatic N) is 2. The van der Waals surface area contributed by atoms with Gasteiger partial charge in [0.15, 0.2) is 0 Å². The fourth-order valence-corrected chi connectivity index (χ4v) is 2.67. The number of rotatable bonds is 6. The van der Waals surface area contributed by atoms with Crippen LogP contribution in [0.25, 0.3) is 0 Å². The van der Waals surface area contributed by atoms with Gasteiger partial charge in [-0.2, -0.15) is 4.99 Å². The second kappa shape index (κ2) is 17.2. The van der Waals surface area contributed by atoms with Crippen LogP contribution in [-0.4, -0.2) is 30.9 Å². The second-order valence-electron chi connectivity index (χ2n) is 8.22. The van der Waals surface area contributed by atoms with Gasteiger partial charge in [0.25, 0.3) is 9.70 Å². The van der Waals surface area contributed by atoms with Crippen LogP contribution < -0.4 is 11.5 Å². The van der Waals surface area contributed by atoms with Gasteiger partial charge in [0.2, 0.25) is 0 Å². The molecule has 2 aromatic carbocycles. The summed E-state index contributed by atoms with van der Waals surface area (Å²) in [5.74, 6) is -0.214. The number of halogens is 6. The van der Waals surface area contributed by atoms with Gasteiger partial charge >= 0.3 is 0 Å². The van der Waals surface area contributed by atoms with Crippen LogP contribution in [0.5, 0.6) is 0 Å². The molecule has 1 amide bonds. The number of oxime groups is 1. The van der Waals surface area contributed by atoms with Gasteiger partial charge in [-0.15, -0.1) is 23.2 Å². The maximum absolute atomic E-state index is 11.2. The number of hydrogen-bond acceptors (Lipinski definition) is 3. The van der Waals surface area contributed by atoms with Crippen molar-refractivity contribution in [1.82, 2.24) is 0 Å². The van der Waals surface area contributed by atoms with Crippen LogP contribution in [0.1, 0.15) is 51.2 Å². The average molecular weight is 633 g/mol. The van der Waals surface area contributed by atoms with Crippen LogP contribution >= 0.6 is 69.6 Å². The number of carbonyl (C=O) groups excluding carboxylic acids is 1. The lowest BCUT2D eigenvalue weighted by Gasteiger charge is -2.16. The van der Waals surface area contributed by atoms with E-state index in [0.717, 1.165) is 17.5 Å². The third kappa shape index (κ3) is 15.6. The molecular weight excluding hydrogens is 601 g/mol. The monoisotopic (exact) mass is 630 g/mol. The van der Waals surface area contributed by atoms with Gasteiger partial charge in [-0.1, -0.05) is 115 Å². The molecule has 5 N–H and O–H groups in total. The van der Waals surface area contributed by atoms with E-state index in [1.165, 1.54) is 0 Å². The van der Waals surface area contributed by atoms with Crippen molar-refractivity contribution in [3.8, 4) is 0 Å². The molecule has 37 heavy (non-hydrogen) atoms. The van der Waals surface area contributed by atoms with Gasteiger partial charge in [0, 0.05) is 17.4 Å². The molecule has 206 valence electrons. The number of amides is 1. The molecule has 0 spiro atoms. The van der Waals surface area contributed by atoms with E-state index in [2.05, 4.69) is 10.1 Å². The van der Waals surface area contributed by atoms with Gasteiger partial charge in [-0.25, -0.2) is 0 Å². The van der Waals surface area contributed by atoms with E-state index < -0.39 is 14.0 Å². The Morgan fingerprint density at radius 2 is 1.46 bits per heavy atom. The summed E-state index contributed by atoms with van der Waals surface area (Å²) in [5.41, 5.74) is 13.1. The molecule has 0 aliphatic carbocycles. The smallest absolute Gasteiger partial charge is 0.299 e. The molecule has 0 saturated carbocycles. The summed E-state index contributed by atoms with van der Waals surface area (Å²) in [7, 11) is 0. The zero-order valence-electron chi connectivity index (χ0n) is 20.9. The highest BCUT2D eigenvalue weighted by Crippen LogP contribution is 2.28. The molecule has 2 rings (SSSR count). The van der Waals surface area contributed by atoms with Crippen molar-refractivity contribution in [3.63, 3.8) is 0 Å². The first-order valence-corrected chi connectivity index (χ1v) is 13.4. The van der Waals surface area contributed by atoms with Crippen molar-refractivity contribution >= 4 is 87.2 Å². The van der Waals surface area contributed by atoms with Crippen LogP contribution in [0, 0.1) is 5.92 Å². The molecule has 0 bridgehead atoms. The first-order chi connectivity index (χ1) is 17.0. The molecule has 0 aliphatic heterocycles. The topological polar surface area (TPSA) is 114 Å². The summed E-state index contributed by atoms with van der Waals surface area (Å²) in [4.78, 5) is 14.7. The number of amidine groups is 2. The molecule has 0 heterocycles. The number of benzene rings is 2. The largest absolute Gasteiger partial charge is 0.409 e. The number of nitrogens with two attached hydrogens (primary N) is 2. The van der Waals surface area contributed by atoms with E-state index in [4.69, 9.17) is 86.3 Å². The van der Waals surface area contributed by atoms with Gasteiger partial charge in [-0.05, 0) is 42.5 Å². The Balaban J connectivity index is 0.000000573. The van der Waals surface area contributed by atoms with Gasteiger partial charge in [0.1, 0.15) is 16.0 Å². The first kappa shape index (κ1) is 35.6. The van der Waals surface area contributed by atoms with Crippen molar-refractivity contribution < 1.29 is 10.0 Å². The normalized spacial score (nSPS) is 13.2. The summed E-state index contributed by atoms with van der Waals surface area (Å²) in [6.45, 7) is 7.77. The highest BCUT2D eigenvalue weighted by Gasteiger charge is 2.30. The summed E-state index contributed by atoms with van der Waals surface area (Å²) in [6, 6.07) is 16.8. The Kier molecular flexibility index (Phi) is 16.6. The van der Waals surface area contributed by atoms with Crippen LogP contribution in [0.2, 0.25) is 5.02 Å². The first-order valence-electron chi connectivity index (χ1n) is 11.1. The minimum absolute atomic E-state index is 0.0196. The lowest BCUT2D eigenvalue weighted by molar-refractivity contribution is -0.116. The summed E-state index contributed by atoms with van der Waals surface area (Å²) in [6.07, 6.45) is 1.11. The number of alkyl halides is 5. The van der Waals surface area contributed by atoms with Gasteiger partial charge in [0.05, 0.1) is 0 Å². The summed E-state index contributed by atoms with van der Waals surface area (Å²) < 4.78 is -2.63. The average Bonchev–Trinajstić information content (AvgIpc) is 2.81. The fraction of sp³-hybridized carbons (Fsp3) is 0.400. The van der Waals surface area contributed by atoms with Crippen LogP contribution in [0.3, 0.4) is 0 Å². The second-order valence-corrected chi connectivity index (χ2v) is 12.7. The predicted molar refractivity (Wildman–Crippen MR) is 160 cm³/mol. The molecule has 0 aromatic heterocycles. The maximum Gasteiger partial charge on any atom is 0.299 e. The molecule has 1 unspecified atom stereocenters. The zero-order valence-corrected chi connectivity index (χ0v) is 25.5. The number of hydrogen-bond donors (Lipinski definition) is 3. The Morgan fingerprint density at radius 3 is 1.84 bits per heavy atom. The third-order valence-electron chi connectivity index (χ3n) is 4.88. The lowest BCUT2D eigenvalue weighted by Crippen LogP contribution is -2.23. The van der Waals surface area contributed by atoms with E-state index in [0.29, 0.717) is 10.9 Å². The molecule has 6 nitrogen and oxygen atoms in total. The van der Waals surface area contributed by atoms with Gasteiger partial charge < -0.3 is 16.7 Å². The summed E-state index contributed by atoms with van der Waals surface area (Å²) >= 11 is 33.0. The van der Waals surface area contributed by atoms with E-state index >= 15 is 0 Å². The van der Waals surface area contributed by atoms with Crippen LogP contribution in [-0.2, 0) is 11.2 Å². The van der Waals surface area contributed by atoms with Crippen LogP contribution in [0.15, 0.2) is 64.7 Å². The third-order valence-corrected chi connectivity index (χ3v) is 6.49. The number of carbonyl (C=O) groups is 1. The lowest BCUT2D eigenvalue weighted by atomic mass is 9.96. The minimum atomic E-state index is -2.08. The predicted octanol–water partition coefficient (Wildman–Crippen LogP) is 7.90. The van der Waals surface area contributed by atoms with Crippen molar-refractivity contribution in [2.45, 2.75) is 54.6 Å². The summed E-state index contributed by atoms with van der Waals surface area (Å²) in [5, 5.41) is 12.2. The van der Waals surface area contributed by atoms with Crippen molar-refractivity contribution in [2.24, 2.45) is 27.5 Å². The van der Waals surface area contributed by atoms with Crippen molar-refractivity contribution in [1.29, 1.82) is 0 Å². The van der Waals surface area contributed by atoms with Gasteiger partial charge in [-0.3, -0.25) is 4.79 Å². The van der Waals surface area contributed by atoms with E-state index in [9.17, 15) is 4.79 Å². The SMILES string of the molecule is CC(C)C(C)(Cl)Cl.CCC(/C(N)=N/O)c1ccccc1.NC(Cc1ccc(Cl)cc1)=NC(=O)C(Cl)(Cl)Cl. The number of aliphatic imine (C=N–C) groups is 1. The molecule has 2 aromatic rings. The van der Waals surface area contributed by atoms with Crippen LogP contribution in [0.4, 0.5) is 0 Å². The highest BCUT2D eigenvalue weighted by molar-refractivity contribution is 6.76. The molecular formula is C25H32Cl6N4O2. The molecule has 0 saturated heterocycles. The molecule has 12 heteroatoms. The van der Waals surface area contributed by atoms with E-state index in [1.54, 1.807) is 31.2 Å². The Hall–Kier alpha value is -1.41. The zero-order chi connectivity index (χ0) is 28.8. The maximum atomic E-state index is 11.2. The molecule has 0 radical (unpaired) electrons.